The molecule has 44 heavy (non-hydrogen) atoms. The zero-order chi connectivity index (χ0) is 32.9. The van der Waals surface area contributed by atoms with Crippen LogP contribution in [0.25, 0.3) is 0 Å². The third-order valence-electron chi connectivity index (χ3n) is 8.77. The number of nitrogens with zero attached hydrogens (tertiary/aromatic N) is 5. The fourth-order valence-corrected chi connectivity index (χ4v) is 27.8. The van der Waals surface area contributed by atoms with Gasteiger partial charge in [0.05, 0.1) is 22.7 Å². The van der Waals surface area contributed by atoms with E-state index >= 15 is 0 Å². The number of hydrogen-bond acceptors (Lipinski definition) is 5. The van der Waals surface area contributed by atoms with Crippen molar-refractivity contribution in [3.05, 3.63) is 48.5 Å². The zero-order valence-corrected chi connectivity index (χ0v) is 32.7. The van der Waals surface area contributed by atoms with Crippen LogP contribution >= 0.6 is 0 Å². The standard InChI is InChI=1S/C37H61N5Si2/c1-33(2,3)24-39-28-20-16-17-21-29(28)40(25-34(4,5)6)43(39)32(37(13,14)15)38-44(43)41(26-35(7,8)9)30-22-18-19-23-31(30)42(44)27-36(10,11)12/h16-23H,24-27H2,1-15H3. The molecule has 0 unspecified atom stereocenters. The summed E-state index contributed by atoms with van der Waals surface area (Å²) in [5, 5.41) is 1.48. The van der Waals surface area contributed by atoms with Crippen LogP contribution < -0.4 is 18.3 Å². The molecule has 0 saturated carbocycles. The highest BCUT2D eigenvalue weighted by molar-refractivity contribution is 7.62. The van der Waals surface area contributed by atoms with Crippen LogP contribution in [0, 0.1) is 27.1 Å². The predicted octanol–water partition coefficient (Wildman–Crippen LogP) is 9.32. The van der Waals surface area contributed by atoms with Crippen LogP contribution in [-0.2, 0) is 0 Å². The molecule has 242 valence electrons. The van der Waals surface area contributed by atoms with E-state index in [4.69, 9.17) is 4.66 Å². The fraction of sp³-hybridized carbons (Fsp3) is 0.649. The Kier molecular flexibility index (Phi) is 7.62. The first-order chi connectivity index (χ1) is 19.9. The summed E-state index contributed by atoms with van der Waals surface area (Å²) in [6, 6.07) is 18.7. The van der Waals surface area contributed by atoms with Gasteiger partial charge in [-0.05, 0) is 51.3 Å². The molecule has 2 aromatic rings. The monoisotopic (exact) mass is 631 g/mol. The van der Waals surface area contributed by atoms with E-state index in [0.29, 0.717) is 0 Å². The Morgan fingerprint density at radius 3 is 1.00 bits per heavy atom. The van der Waals surface area contributed by atoms with Gasteiger partial charge in [-0.2, -0.15) is 0 Å². The van der Waals surface area contributed by atoms with Gasteiger partial charge in [0.25, 0.3) is 0 Å². The molecule has 7 heteroatoms. The highest BCUT2D eigenvalue weighted by Crippen LogP contribution is 2.61. The first-order valence-electron chi connectivity index (χ1n) is 16.8. The van der Waals surface area contributed by atoms with Gasteiger partial charge in [0.15, 0.2) is 0 Å². The lowest BCUT2D eigenvalue weighted by Gasteiger charge is -2.64. The van der Waals surface area contributed by atoms with E-state index < -0.39 is 16.0 Å². The van der Waals surface area contributed by atoms with Crippen LogP contribution in [0.1, 0.15) is 104 Å². The number of fused-ring (bicyclic) bond motifs is 3. The molecule has 0 atom stereocenters. The minimum Gasteiger partial charge on any atom is -0.373 e. The minimum atomic E-state index is -2.83. The maximum atomic E-state index is 6.23. The average Bonchev–Trinajstić information content (AvgIpc) is 3.23. The Morgan fingerprint density at radius 1 is 0.455 bits per heavy atom. The lowest BCUT2D eigenvalue weighted by Crippen LogP contribution is -2.98. The molecule has 0 aromatic heterocycles. The molecular formula is C37H61N5Si2. The Labute approximate surface area is 271 Å². The van der Waals surface area contributed by atoms with E-state index in [1.807, 2.05) is 0 Å². The number of rotatable bonds is 4. The van der Waals surface area contributed by atoms with Gasteiger partial charge in [-0.3, -0.25) is 4.66 Å². The summed E-state index contributed by atoms with van der Waals surface area (Å²) in [6.07, 6.45) is 0. The van der Waals surface area contributed by atoms with Crippen LogP contribution in [0.15, 0.2) is 53.2 Å². The zero-order valence-electron chi connectivity index (χ0n) is 30.7. The van der Waals surface area contributed by atoms with E-state index in [0.717, 1.165) is 26.2 Å². The lowest BCUT2D eigenvalue weighted by molar-refractivity contribution is 0.417. The number of benzene rings is 2. The van der Waals surface area contributed by atoms with Crippen molar-refractivity contribution in [2.24, 2.45) is 31.7 Å². The van der Waals surface area contributed by atoms with Crippen molar-refractivity contribution in [2.45, 2.75) is 104 Å². The van der Waals surface area contributed by atoms with Gasteiger partial charge in [0.1, 0.15) is 0 Å². The van der Waals surface area contributed by atoms with Crippen molar-refractivity contribution < 1.29 is 0 Å². The van der Waals surface area contributed by atoms with Crippen LogP contribution in [0.4, 0.5) is 22.7 Å². The Morgan fingerprint density at radius 2 is 0.727 bits per heavy atom. The molecule has 3 aliphatic rings. The number of anilines is 4. The molecule has 0 bridgehead atoms. The number of para-hydroxylation sites is 4. The van der Waals surface area contributed by atoms with E-state index in [2.05, 4.69) is 171 Å². The van der Waals surface area contributed by atoms with Crippen LogP contribution in [0.3, 0.4) is 0 Å². The molecule has 3 heterocycles. The predicted molar refractivity (Wildman–Crippen MR) is 198 cm³/mol. The summed E-state index contributed by atoms with van der Waals surface area (Å²) >= 11 is 0. The first kappa shape index (κ1) is 33.1. The molecular weight excluding hydrogens is 571 g/mol. The van der Waals surface area contributed by atoms with Gasteiger partial charge in [-0.1, -0.05) is 128 Å². The smallest absolute Gasteiger partial charge is 0.373 e. The van der Waals surface area contributed by atoms with Crippen molar-refractivity contribution in [3.63, 3.8) is 0 Å². The summed E-state index contributed by atoms with van der Waals surface area (Å²) in [6.45, 7) is 40.3. The summed E-state index contributed by atoms with van der Waals surface area (Å²) in [5.41, 5.74) is 6.05. The maximum absolute atomic E-state index is 6.23. The largest absolute Gasteiger partial charge is 0.432 e. The summed E-state index contributed by atoms with van der Waals surface area (Å²) in [7, 11) is -5.59. The van der Waals surface area contributed by atoms with Crippen LogP contribution in [0.5, 0.6) is 0 Å². The molecule has 0 aliphatic carbocycles. The SMILES string of the molecule is CC(C)(C)CN1c2ccccc2N(CC(C)(C)C)[Si]12N=C(C(C)(C)C)[Si]21N(CC(C)(C)C)c2ccccc2N1CC(C)(C)C. The van der Waals surface area contributed by atoms with E-state index in [-0.39, 0.29) is 27.1 Å². The van der Waals surface area contributed by atoms with Gasteiger partial charge >= 0.3 is 16.0 Å². The molecule has 0 saturated heterocycles. The van der Waals surface area contributed by atoms with Crippen molar-refractivity contribution in [1.82, 2.24) is 0 Å². The van der Waals surface area contributed by atoms with Crippen molar-refractivity contribution in [3.8, 4) is 0 Å². The second-order valence-electron chi connectivity index (χ2n) is 19.6. The van der Waals surface area contributed by atoms with Gasteiger partial charge < -0.3 is 18.3 Å². The first-order valence-corrected chi connectivity index (χ1v) is 21.6. The van der Waals surface area contributed by atoms with Crippen molar-refractivity contribution in [2.75, 3.05) is 44.4 Å². The molecule has 3 aliphatic heterocycles. The quantitative estimate of drug-likeness (QED) is 0.314. The topological polar surface area (TPSA) is 25.3 Å². The maximum Gasteiger partial charge on any atom is 0.432 e. The highest BCUT2D eigenvalue weighted by atomic mass is 29.3. The lowest BCUT2D eigenvalue weighted by atomic mass is 9.96. The fourth-order valence-electron chi connectivity index (χ4n) is 7.73. The normalized spacial score (nSPS) is 19.5. The summed E-state index contributed by atoms with van der Waals surface area (Å²) in [5.74, 6) is 0. The Bertz CT molecular complexity index is 1340. The molecule has 5 nitrogen and oxygen atoms in total. The van der Waals surface area contributed by atoms with Crippen LogP contribution in [0.2, 0.25) is 0 Å². The molecule has 2 aromatic carbocycles. The third kappa shape index (κ3) is 5.34. The second kappa shape index (κ2) is 10.1. The minimum absolute atomic E-state index is 0.0473. The number of hydrogen-bond donors (Lipinski definition) is 0. The van der Waals surface area contributed by atoms with E-state index in [1.165, 1.54) is 28.1 Å². The summed E-state index contributed by atoms with van der Waals surface area (Å²) in [4.78, 5) is 0. The molecule has 0 amide bonds. The molecule has 0 radical (unpaired) electrons. The van der Waals surface area contributed by atoms with Gasteiger partial charge in [0, 0.05) is 31.5 Å². The van der Waals surface area contributed by atoms with Crippen LogP contribution in [-0.4, -0.2) is 47.5 Å². The second-order valence-corrected chi connectivity index (χ2v) is 29.2. The highest BCUT2D eigenvalue weighted by Gasteiger charge is 2.86. The molecule has 0 N–H and O–H groups in total. The van der Waals surface area contributed by atoms with E-state index in [9.17, 15) is 0 Å². The summed E-state index contributed by atoms with van der Waals surface area (Å²) < 4.78 is 18.0. The average molecular weight is 632 g/mol. The third-order valence-corrected chi connectivity index (χ3v) is 23.7. The van der Waals surface area contributed by atoms with Gasteiger partial charge in [-0.15, -0.1) is 0 Å². The van der Waals surface area contributed by atoms with E-state index in [1.54, 1.807) is 0 Å². The van der Waals surface area contributed by atoms with Crippen molar-refractivity contribution in [1.29, 1.82) is 0 Å². The van der Waals surface area contributed by atoms with Crippen molar-refractivity contribution >= 4 is 44.1 Å². The Balaban J connectivity index is 1.96. The molecule has 0 fully saturated rings. The Hall–Kier alpha value is -2.26. The van der Waals surface area contributed by atoms with Gasteiger partial charge in [0.2, 0.25) is 0 Å². The molecule has 5 rings (SSSR count). The molecule has 2 spiro atoms. The van der Waals surface area contributed by atoms with Gasteiger partial charge in [-0.25, -0.2) is 0 Å².